The molecule has 0 aromatic rings. The van der Waals surface area contributed by atoms with E-state index in [0.717, 1.165) is 24.2 Å². The van der Waals surface area contributed by atoms with Crippen LogP contribution in [0.3, 0.4) is 0 Å². The molecule has 4 aliphatic carbocycles. The summed E-state index contributed by atoms with van der Waals surface area (Å²) >= 11 is 0. The normalized spacial score (nSPS) is 47.4. The summed E-state index contributed by atoms with van der Waals surface area (Å²) in [5, 5.41) is 0. The van der Waals surface area contributed by atoms with Crippen molar-refractivity contribution in [2.45, 2.75) is 134 Å². The Hall–Kier alpha value is -0.590. The maximum absolute atomic E-state index is 14.0. The van der Waals surface area contributed by atoms with Gasteiger partial charge in [-0.3, -0.25) is 4.79 Å². The molecule has 0 N–H and O–H groups in total. The second-order valence-corrected chi connectivity index (χ2v) is 15.8. The average molecular weight is 483 g/mol. The molecular formula is C34H58O. The van der Waals surface area contributed by atoms with Gasteiger partial charge in [-0.25, -0.2) is 0 Å². The molecule has 0 radical (unpaired) electrons. The van der Waals surface area contributed by atoms with Gasteiger partial charge in [0.25, 0.3) is 0 Å². The SMILES string of the molecule is CC[C@H](C)CC[C@@H](C)C(C)(C)[C@H]1CC[C@@]2(C)C3=CC(=O)[C@]4(C)C[C@@H](C)[C@@H](C)C[C@]4(C)C3CC[C@]12C. The lowest BCUT2D eigenvalue weighted by molar-refractivity contribution is -0.152. The largest absolute Gasteiger partial charge is 0.294 e. The van der Waals surface area contributed by atoms with Gasteiger partial charge >= 0.3 is 0 Å². The van der Waals surface area contributed by atoms with Gasteiger partial charge in [-0.05, 0) is 108 Å². The van der Waals surface area contributed by atoms with Crippen LogP contribution in [0.5, 0.6) is 0 Å². The van der Waals surface area contributed by atoms with Crippen molar-refractivity contribution < 1.29 is 4.79 Å². The lowest BCUT2D eigenvalue weighted by Gasteiger charge is -2.65. The fraction of sp³-hybridized carbons (Fsp3) is 0.912. The van der Waals surface area contributed by atoms with Crippen LogP contribution in [0.15, 0.2) is 11.6 Å². The minimum Gasteiger partial charge on any atom is -0.294 e. The first kappa shape index (κ1) is 27.4. The topological polar surface area (TPSA) is 17.1 Å². The zero-order chi connectivity index (χ0) is 26.2. The maximum Gasteiger partial charge on any atom is 0.162 e. The number of carbonyl (C=O) groups is 1. The van der Waals surface area contributed by atoms with Gasteiger partial charge in [-0.2, -0.15) is 0 Å². The predicted octanol–water partition coefficient (Wildman–Crippen LogP) is 9.90. The molecule has 0 aromatic carbocycles. The first-order valence-corrected chi connectivity index (χ1v) is 15.3. The van der Waals surface area contributed by atoms with E-state index < -0.39 is 0 Å². The van der Waals surface area contributed by atoms with E-state index in [9.17, 15) is 4.79 Å². The van der Waals surface area contributed by atoms with Crippen molar-refractivity contribution in [1.82, 2.24) is 0 Å². The molecule has 1 heteroatoms. The summed E-state index contributed by atoms with van der Waals surface area (Å²) in [4.78, 5) is 14.0. The molecule has 10 atom stereocenters. The molecule has 4 aliphatic rings. The van der Waals surface area contributed by atoms with E-state index in [-0.39, 0.29) is 16.2 Å². The Bertz CT molecular complexity index is 866. The number of rotatable bonds is 6. The van der Waals surface area contributed by atoms with Crippen molar-refractivity contribution in [3.63, 3.8) is 0 Å². The zero-order valence-electron chi connectivity index (χ0n) is 25.3. The molecule has 0 bridgehead atoms. The van der Waals surface area contributed by atoms with Crippen molar-refractivity contribution in [2.24, 2.45) is 62.6 Å². The molecule has 0 spiro atoms. The van der Waals surface area contributed by atoms with E-state index in [1.807, 2.05) is 0 Å². The van der Waals surface area contributed by atoms with Crippen molar-refractivity contribution in [3.05, 3.63) is 11.6 Å². The van der Waals surface area contributed by atoms with Gasteiger partial charge < -0.3 is 0 Å². The molecule has 3 fully saturated rings. The highest BCUT2D eigenvalue weighted by Crippen LogP contribution is 2.75. The molecule has 3 saturated carbocycles. The van der Waals surface area contributed by atoms with Crippen molar-refractivity contribution >= 4 is 5.78 Å². The Morgan fingerprint density at radius 2 is 1.54 bits per heavy atom. The number of hydrogen-bond acceptors (Lipinski definition) is 1. The van der Waals surface area contributed by atoms with Gasteiger partial charge in [-0.15, -0.1) is 0 Å². The summed E-state index contributed by atoms with van der Waals surface area (Å²) in [6.45, 7) is 27.4. The zero-order valence-corrected chi connectivity index (χ0v) is 25.3. The fourth-order valence-corrected chi connectivity index (χ4v) is 10.3. The smallest absolute Gasteiger partial charge is 0.162 e. The van der Waals surface area contributed by atoms with E-state index in [0.29, 0.717) is 34.4 Å². The number of hydrogen-bond donors (Lipinski definition) is 0. The van der Waals surface area contributed by atoms with E-state index in [2.05, 4.69) is 82.2 Å². The van der Waals surface area contributed by atoms with E-state index in [4.69, 9.17) is 0 Å². The van der Waals surface area contributed by atoms with Gasteiger partial charge in [0, 0.05) is 5.41 Å². The first-order chi connectivity index (χ1) is 16.1. The van der Waals surface area contributed by atoms with Crippen LogP contribution in [0.25, 0.3) is 0 Å². The van der Waals surface area contributed by atoms with Crippen LogP contribution in [0, 0.1) is 62.6 Å². The van der Waals surface area contributed by atoms with Gasteiger partial charge in [0.15, 0.2) is 5.78 Å². The third kappa shape index (κ3) is 3.70. The molecule has 35 heavy (non-hydrogen) atoms. The maximum atomic E-state index is 14.0. The van der Waals surface area contributed by atoms with Gasteiger partial charge in [0.2, 0.25) is 0 Å². The summed E-state index contributed by atoms with van der Waals surface area (Å²) in [5.74, 6) is 4.70. The molecule has 0 heterocycles. The van der Waals surface area contributed by atoms with Crippen LogP contribution in [0.1, 0.15) is 134 Å². The molecular weight excluding hydrogens is 424 g/mol. The lowest BCUT2D eigenvalue weighted by atomic mass is 9.38. The lowest BCUT2D eigenvalue weighted by Crippen LogP contribution is -2.60. The summed E-state index contributed by atoms with van der Waals surface area (Å²) in [5.41, 5.74) is 2.30. The molecule has 1 nitrogen and oxygen atoms in total. The Kier molecular flexibility index (Phi) is 6.84. The fourth-order valence-electron chi connectivity index (χ4n) is 10.3. The minimum absolute atomic E-state index is 0.113. The molecule has 1 unspecified atom stereocenters. The highest BCUT2D eigenvalue weighted by atomic mass is 16.1. The van der Waals surface area contributed by atoms with Crippen molar-refractivity contribution in [3.8, 4) is 0 Å². The van der Waals surface area contributed by atoms with E-state index in [1.54, 1.807) is 5.57 Å². The summed E-state index contributed by atoms with van der Waals surface area (Å²) in [6.07, 6.45) is 13.7. The van der Waals surface area contributed by atoms with Crippen LogP contribution in [-0.2, 0) is 4.79 Å². The summed E-state index contributed by atoms with van der Waals surface area (Å²) in [6, 6.07) is 0. The van der Waals surface area contributed by atoms with Crippen molar-refractivity contribution in [2.75, 3.05) is 0 Å². The molecule has 4 rings (SSSR count). The molecule has 0 saturated heterocycles. The van der Waals surface area contributed by atoms with Crippen LogP contribution in [-0.4, -0.2) is 5.78 Å². The Balaban J connectivity index is 1.68. The Labute approximate surface area is 218 Å². The van der Waals surface area contributed by atoms with Crippen LogP contribution in [0.4, 0.5) is 0 Å². The van der Waals surface area contributed by atoms with E-state index in [1.165, 1.54) is 51.4 Å². The average Bonchev–Trinajstić information content (AvgIpc) is 3.07. The van der Waals surface area contributed by atoms with Crippen LogP contribution >= 0.6 is 0 Å². The Morgan fingerprint density at radius 3 is 2.17 bits per heavy atom. The highest BCUT2D eigenvalue weighted by Gasteiger charge is 2.68. The van der Waals surface area contributed by atoms with Crippen molar-refractivity contribution in [1.29, 1.82) is 0 Å². The third-order valence-corrected chi connectivity index (χ3v) is 14.2. The first-order valence-electron chi connectivity index (χ1n) is 15.3. The highest BCUT2D eigenvalue weighted by molar-refractivity contribution is 5.97. The summed E-state index contributed by atoms with van der Waals surface area (Å²) in [7, 11) is 0. The predicted molar refractivity (Wildman–Crippen MR) is 150 cm³/mol. The minimum atomic E-state index is -0.182. The Morgan fingerprint density at radius 1 is 0.914 bits per heavy atom. The van der Waals surface area contributed by atoms with Crippen LogP contribution in [0.2, 0.25) is 0 Å². The molecule has 0 amide bonds. The van der Waals surface area contributed by atoms with Crippen LogP contribution < -0.4 is 0 Å². The number of fused-ring (bicyclic) bond motifs is 5. The van der Waals surface area contributed by atoms with Gasteiger partial charge in [0.1, 0.15) is 0 Å². The van der Waals surface area contributed by atoms with Gasteiger partial charge in [0.05, 0.1) is 0 Å². The monoisotopic (exact) mass is 482 g/mol. The second-order valence-electron chi connectivity index (χ2n) is 15.8. The second kappa shape index (κ2) is 8.73. The summed E-state index contributed by atoms with van der Waals surface area (Å²) < 4.78 is 0. The van der Waals surface area contributed by atoms with E-state index >= 15 is 0 Å². The number of allylic oxidation sites excluding steroid dienone is 2. The van der Waals surface area contributed by atoms with Gasteiger partial charge in [-0.1, -0.05) is 94.6 Å². The number of carbonyl (C=O) groups excluding carboxylic acids is 1. The number of ketones is 1. The molecule has 0 aromatic heterocycles. The quantitative estimate of drug-likeness (QED) is 0.368. The molecule has 200 valence electrons. The third-order valence-electron chi connectivity index (χ3n) is 14.2. The molecule has 0 aliphatic heterocycles. The standard InChI is InChI=1S/C34H58O/c1-12-22(2)13-14-25(5)30(6,7)28-16-18-31(8)27-19-29(35)34(11)21-24(4)23(3)20-33(34,10)26(27)15-17-32(28,31)9/h19,22-26,28H,12-18,20-21H2,1-11H3/t22-,23-,24+,25+,26?,28+,31-,32+,33+,34-/m0/s1.